The van der Waals surface area contributed by atoms with Crippen molar-refractivity contribution in [2.45, 2.75) is 12.2 Å². The van der Waals surface area contributed by atoms with Crippen LogP contribution in [0.4, 0.5) is 0 Å². The van der Waals surface area contributed by atoms with Gasteiger partial charge in [0.15, 0.2) is 0 Å². The number of pyridine rings is 1. The van der Waals surface area contributed by atoms with Crippen LogP contribution < -0.4 is 0 Å². The summed E-state index contributed by atoms with van der Waals surface area (Å²) in [5.74, 6) is 0. The maximum atomic E-state index is 10.2. The highest BCUT2D eigenvalue weighted by Gasteiger charge is 2.24. The standard InChI is InChI=1S/C21H15NO2/c23-18-10-9-16-17(21(18)24)8-7-14-11-13-6-5-12-3-1-2-4-15(12)19(13)22-20(14)16/h1-11,18,21,23-24H/t18-,21-/m1/s1. The summed E-state index contributed by atoms with van der Waals surface area (Å²) in [6, 6.07) is 18.4. The molecule has 2 N–H and O–H groups in total. The van der Waals surface area contributed by atoms with Crippen molar-refractivity contribution >= 4 is 38.7 Å². The first-order valence-corrected chi connectivity index (χ1v) is 8.02. The topological polar surface area (TPSA) is 53.4 Å². The highest BCUT2D eigenvalue weighted by atomic mass is 16.3. The van der Waals surface area contributed by atoms with E-state index < -0.39 is 12.2 Å². The fourth-order valence-corrected chi connectivity index (χ4v) is 3.59. The molecule has 0 unspecified atom stereocenters. The van der Waals surface area contributed by atoms with Gasteiger partial charge in [-0.2, -0.15) is 0 Å². The van der Waals surface area contributed by atoms with E-state index >= 15 is 0 Å². The maximum absolute atomic E-state index is 10.2. The molecule has 3 nitrogen and oxygen atoms in total. The van der Waals surface area contributed by atoms with E-state index in [1.165, 1.54) is 0 Å². The second kappa shape index (κ2) is 4.87. The van der Waals surface area contributed by atoms with Gasteiger partial charge in [0, 0.05) is 21.7 Å². The molecular formula is C21H15NO2. The minimum atomic E-state index is -0.903. The van der Waals surface area contributed by atoms with Crippen molar-refractivity contribution in [1.29, 1.82) is 0 Å². The van der Waals surface area contributed by atoms with Gasteiger partial charge in [-0.1, -0.05) is 60.7 Å². The van der Waals surface area contributed by atoms with Crippen LogP contribution in [0.5, 0.6) is 0 Å². The molecule has 3 aromatic carbocycles. The fraction of sp³-hybridized carbons (Fsp3) is 0.0952. The average Bonchev–Trinajstić information content (AvgIpc) is 2.63. The predicted octanol–water partition coefficient (Wildman–Crippen LogP) is 3.96. The lowest BCUT2D eigenvalue weighted by molar-refractivity contribution is 0.0471. The van der Waals surface area contributed by atoms with Crippen molar-refractivity contribution in [3.63, 3.8) is 0 Å². The highest BCUT2D eigenvalue weighted by molar-refractivity contribution is 6.09. The largest absolute Gasteiger partial charge is 0.386 e. The van der Waals surface area contributed by atoms with Gasteiger partial charge in [-0.3, -0.25) is 0 Å². The SMILES string of the molecule is O[C@@H]1C=Cc2c(ccc3cc4ccc5ccccc5c4nc23)[C@H]1O. The van der Waals surface area contributed by atoms with Crippen molar-refractivity contribution in [2.24, 2.45) is 0 Å². The van der Waals surface area contributed by atoms with Crippen LogP contribution in [-0.4, -0.2) is 21.3 Å². The summed E-state index contributed by atoms with van der Waals surface area (Å²) in [5, 5.41) is 24.5. The van der Waals surface area contributed by atoms with Crippen molar-refractivity contribution in [2.75, 3.05) is 0 Å². The monoisotopic (exact) mass is 313 g/mol. The summed E-state index contributed by atoms with van der Waals surface area (Å²) in [6.07, 6.45) is 1.72. The van der Waals surface area contributed by atoms with Crippen LogP contribution in [0, 0.1) is 0 Å². The van der Waals surface area contributed by atoms with Gasteiger partial charge in [0.1, 0.15) is 12.2 Å². The normalized spacial score (nSPS) is 19.9. The van der Waals surface area contributed by atoms with E-state index in [0.717, 1.165) is 43.7 Å². The fourth-order valence-electron chi connectivity index (χ4n) is 3.59. The molecule has 0 fully saturated rings. The van der Waals surface area contributed by atoms with E-state index in [-0.39, 0.29) is 0 Å². The zero-order valence-electron chi connectivity index (χ0n) is 12.8. The van der Waals surface area contributed by atoms with Crippen LogP contribution in [0.15, 0.2) is 60.7 Å². The number of hydrogen-bond donors (Lipinski definition) is 2. The van der Waals surface area contributed by atoms with Gasteiger partial charge >= 0.3 is 0 Å². The van der Waals surface area contributed by atoms with Crippen LogP contribution in [0.1, 0.15) is 17.2 Å². The molecule has 1 aromatic heterocycles. The number of rotatable bonds is 0. The Hall–Kier alpha value is -2.75. The van der Waals surface area contributed by atoms with Crippen molar-refractivity contribution < 1.29 is 10.2 Å². The quantitative estimate of drug-likeness (QED) is 0.381. The number of hydrogen-bond acceptors (Lipinski definition) is 3. The molecule has 24 heavy (non-hydrogen) atoms. The minimum Gasteiger partial charge on any atom is -0.386 e. The molecule has 1 aliphatic rings. The first kappa shape index (κ1) is 13.7. The van der Waals surface area contributed by atoms with Gasteiger partial charge in [0.05, 0.1) is 11.0 Å². The second-order valence-electron chi connectivity index (χ2n) is 6.28. The summed E-state index contributed by atoms with van der Waals surface area (Å²) >= 11 is 0. The van der Waals surface area contributed by atoms with Crippen LogP contribution in [0.3, 0.4) is 0 Å². The molecule has 2 atom stereocenters. The molecule has 1 aliphatic carbocycles. The Balaban J connectivity index is 1.93. The molecule has 4 aromatic rings. The zero-order chi connectivity index (χ0) is 16.3. The molecule has 0 spiro atoms. The lowest BCUT2D eigenvalue weighted by Crippen LogP contribution is -2.19. The summed E-state index contributed by atoms with van der Waals surface area (Å²) in [4.78, 5) is 4.93. The van der Waals surface area contributed by atoms with Crippen LogP contribution >= 0.6 is 0 Å². The lowest BCUT2D eigenvalue weighted by atomic mass is 9.90. The van der Waals surface area contributed by atoms with Gasteiger partial charge in [-0.25, -0.2) is 4.98 Å². The third-order valence-electron chi connectivity index (χ3n) is 4.85. The van der Waals surface area contributed by atoms with Crippen LogP contribution in [-0.2, 0) is 0 Å². The van der Waals surface area contributed by atoms with Crippen LogP contribution in [0.25, 0.3) is 38.7 Å². The van der Waals surface area contributed by atoms with Gasteiger partial charge < -0.3 is 10.2 Å². The summed E-state index contributed by atoms with van der Waals surface area (Å²) < 4.78 is 0. The molecule has 0 bridgehead atoms. The molecule has 0 aliphatic heterocycles. The number of aliphatic hydroxyl groups is 2. The Morgan fingerprint density at radius 3 is 2.46 bits per heavy atom. The van der Waals surface area contributed by atoms with Gasteiger partial charge in [0.2, 0.25) is 0 Å². The summed E-state index contributed by atoms with van der Waals surface area (Å²) in [5.41, 5.74) is 3.44. The number of aromatic nitrogens is 1. The van der Waals surface area contributed by atoms with E-state index in [1.807, 2.05) is 30.3 Å². The Morgan fingerprint density at radius 1 is 0.792 bits per heavy atom. The number of benzene rings is 3. The number of aliphatic hydroxyl groups excluding tert-OH is 2. The maximum Gasteiger partial charge on any atom is 0.109 e. The molecule has 3 heteroatoms. The Labute approximate surface area is 138 Å². The highest BCUT2D eigenvalue weighted by Crippen LogP contribution is 2.35. The lowest BCUT2D eigenvalue weighted by Gasteiger charge is -2.22. The van der Waals surface area contributed by atoms with Crippen LogP contribution in [0.2, 0.25) is 0 Å². The molecule has 0 saturated carbocycles. The summed E-state index contributed by atoms with van der Waals surface area (Å²) in [6.45, 7) is 0. The third kappa shape index (κ3) is 1.83. The first-order valence-electron chi connectivity index (χ1n) is 8.02. The van der Waals surface area contributed by atoms with E-state index in [4.69, 9.17) is 4.98 Å². The molecule has 0 radical (unpaired) electrons. The molecular weight excluding hydrogens is 298 g/mol. The smallest absolute Gasteiger partial charge is 0.109 e. The number of nitrogens with zero attached hydrogens (tertiary/aromatic N) is 1. The Bertz CT molecular complexity index is 1150. The van der Waals surface area contributed by atoms with E-state index in [2.05, 4.69) is 30.3 Å². The average molecular weight is 313 g/mol. The van der Waals surface area contributed by atoms with E-state index in [9.17, 15) is 10.2 Å². The van der Waals surface area contributed by atoms with Gasteiger partial charge in [-0.05, 0) is 17.0 Å². The molecule has 1 heterocycles. The van der Waals surface area contributed by atoms with E-state index in [1.54, 1.807) is 6.08 Å². The first-order chi connectivity index (χ1) is 11.7. The second-order valence-corrected chi connectivity index (χ2v) is 6.28. The molecule has 0 amide bonds. The Morgan fingerprint density at radius 2 is 1.54 bits per heavy atom. The summed E-state index contributed by atoms with van der Waals surface area (Å²) in [7, 11) is 0. The van der Waals surface area contributed by atoms with Crippen molar-refractivity contribution in [3.05, 3.63) is 71.8 Å². The van der Waals surface area contributed by atoms with Crippen molar-refractivity contribution in [3.8, 4) is 0 Å². The molecule has 5 rings (SSSR count). The third-order valence-corrected chi connectivity index (χ3v) is 4.85. The van der Waals surface area contributed by atoms with Gasteiger partial charge in [0.25, 0.3) is 0 Å². The predicted molar refractivity (Wildman–Crippen MR) is 96.8 cm³/mol. The number of fused-ring (bicyclic) bond motifs is 6. The van der Waals surface area contributed by atoms with Gasteiger partial charge in [-0.15, -0.1) is 0 Å². The van der Waals surface area contributed by atoms with Crippen molar-refractivity contribution in [1.82, 2.24) is 4.98 Å². The molecule has 116 valence electrons. The molecule has 0 saturated heterocycles. The van der Waals surface area contributed by atoms with E-state index in [0.29, 0.717) is 0 Å². The Kier molecular flexibility index (Phi) is 2.77. The minimum absolute atomic E-state index is 0.726. The zero-order valence-corrected chi connectivity index (χ0v) is 12.8.